The molecule has 0 saturated carbocycles. The second-order valence-electron chi connectivity index (χ2n) is 4.85. The molecule has 1 rings (SSSR count). The summed E-state index contributed by atoms with van der Waals surface area (Å²) in [5, 5.41) is 8.93. The average molecular weight is 285 g/mol. The molecule has 0 atom stereocenters. The molecule has 0 amide bonds. The fourth-order valence-corrected chi connectivity index (χ4v) is 2.56. The highest BCUT2D eigenvalue weighted by atomic mass is 79.9. The fourth-order valence-electron chi connectivity index (χ4n) is 1.99. The average Bonchev–Trinajstić information content (AvgIpc) is 2.08. The molecule has 1 N–H and O–H groups in total. The van der Waals surface area contributed by atoms with Crippen LogP contribution in [0, 0.1) is 13.8 Å². The first-order valence-corrected chi connectivity index (χ1v) is 6.02. The molecule has 0 aliphatic heterocycles. The lowest BCUT2D eigenvalue weighted by Crippen LogP contribution is -2.23. The zero-order valence-electron chi connectivity index (χ0n) is 10.1. The molecule has 0 radical (unpaired) electrons. The van der Waals surface area contributed by atoms with Crippen molar-refractivity contribution in [3.63, 3.8) is 0 Å². The highest BCUT2D eigenvalue weighted by Crippen LogP contribution is 2.33. The van der Waals surface area contributed by atoms with Crippen LogP contribution in [0.3, 0.4) is 0 Å². The van der Waals surface area contributed by atoms with E-state index in [-0.39, 0.29) is 11.8 Å². The Balaban J connectivity index is 3.26. The maximum Gasteiger partial charge on any atom is 0.304 e. The van der Waals surface area contributed by atoms with Crippen molar-refractivity contribution in [3.8, 4) is 0 Å². The van der Waals surface area contributed by atoms with Gasteiger partial charge < -0.3 is 5.11 Å². The van der Waals surface area contributed by atoms with Gasteiger partial charge in [-0.05, 0) is 42.7 Å². The zero-order chi connectivity index (χ0) is 12.5. The minimum absolute atomic E-state index is 0.143. The van der Waals surface area contributed by atoms with E-state index in [2.05, 4.69) is 22.0 Å². The second-order valence-corrected chi connectivity index (χ2v) is 5.77. The third-order valence-corrected chi connectivity index (χ3v) is 3.41. The maximum absolute atomic E-state index is 10.9. The Kier molecular flexibility index (Phi) is 3.79. The minimum atomic E-state index is -0.762. The van der Waals surface area contributed by atoms with Crippen LogP contribution in [0.4, 0.5) is 0 Å². The van der Waals surface area contributed by atoms with E-state index in [0.717, 1.165) is 10.0 Å². The van der Waals surface area contributed by atoms with Gasteiger partial charge in [-0.1, -0.05) is 29.8 Å². The zero-order valence-corrected chi connectivity index (χ0v) is 11.7. The topological polar surface area (TPSA) is 37.3 Å². The predicted octanol–water partition coefficient (Wildman–Crippen LogP) is 3.82. The maximum atomic E-state index is 10.9. The van der Waals surface area contributed by atoms with Gasteiger partial charge in [0.2, 0.25) is 0 Å². The van der Waals surface area contributed by atoms with E-state index >= 15 is 0 Å². The largest absolute Gasteiger partial charge is 0.481 e. The minimum Gasteiger partial charge on any atom is -0.481 e. The molecule has 88 valence electrons. The summed E-state index contributed by atoms with van der Waals surface area (Å²) in [5.41, 5.74) is 3.11. The lowest BCUT2D eigenvalue weighted by molar-refractivity contribution is -0.138. The number of halogens is 1. The molecule has 1 aromatic carbocycles. The molecule has 3 heteroatoms. The van der Waals surface area contributed by atoms with Crippen molar-refractivity contribution in [2.75, 3.05) is 0 Å². The van der Waals surface area contributed by atoms with E-state index in [9.17, 15) is 4.79 Å². The predicted molar refractivity (Wildman–Crippen MR) is 68.9 cm³/mol. The molecule has 0 spiro atoms. The van der Waals surface area contributed by atoms with Crippen LogP contribution in [0.15, 0.2) is 16.6 Å². The second kappa shape index (κ2) is 4.58. The Morgan fingerprint density at radius 3 is 2.44 bits per heavy atom. The summed E-state index contributed by atoms with van der Waals surface area (Å²) in [5.74, 6) is -0.762. The first kappa shape index (κ1) is 13.2. The number of carboxylic acid groups (broad SMARTS) is 1. The number of carbonyl (C=O) groups is 1. The number of carboxylic acids is 1. The number of aliphatic carboxylic acids is 1. The number of hydrogen-bond donors (Lipinski definition) is 1. The Morgan fingerprint density at radius 1 is 1.38 bits per heavy atom. The summed E-state index contributed by atoms with van der Waals surface area (Å²) >= 11 is 3.46. The Morgan fingerprint density at radius 2 is 1.94 bits per heavy atom. The standard InChI is InChI=1S/C13H17BrO2/c1-8-5-10(14)6-11(9(8)2)13(3,4)7-12(15)16/h5-6H,7H2,1-4H3,(H,15,16). The van der Waals surface area contributed by atoms with Crippen molar-refractivity contribution >= 4 is 21.9 Å². The fraction of sp³-hybridized carbons (Fsp3) is 0.462. The lowest BCUT2D eigenvalue weighted by atomic mass is 9.78. The third kappa shape index (κ3) is 2.85. The van der Waals surface area contributed by atoms with Crippen LogP contribution in [-0.2, 0) is 10.2 Å². The van der Waals surface area contributed by atoms with E-state index in [1.807, 2.05) is 33.8 Å². The molecule has 0 aromatic heterocycles. The van der Waals surface area contributed by atoms with Gasteiger partial charge in [0.05, 0.1) is 6.42 Å². The van der Waals surface area contributed by atoms with Gasteiger partial charge in [0.15, 0.2) is 0 Å². The third-order valence-electron chi connectivity index (χ3n) is 2.95. The summed E-state index contributed by atoms with van der Waals surface area (Å²) in [6.45, 7) is 8.02. The van der Waals surface area contributed by atoms with Gasteiger partial charge in [-0.2, -0.15) is 0 Å². The van der Waals surface area contributed by atoms with Crippen molar-refractivity contribution in [2.24, 2.45) is 0 Å². The van der Waals surface area contributed by atoms with Crippen LogP contribution >= 0.6 is 15.9 Å². The SMILES string of the molecule is Cc1cc(Br)cc(C(C)(C)CC(=O)O)c1C. The molecule has 0 saturated heterocycles. The lowest BCUT2D eigenvalue weighted by Gasteiger charge is -2.26. The van der Waals surface area contributed by atoms with Crippen LogP contribution in [-0.4, -0.2) is 11.1 Å². The van der Waals surface area contributed by atoms with Crippen molar-refractivity contribution < 1.29 is 9.90 Å². The van der Waals surface area contributed by atoms with Gasteiger partial charge in [0.25, 0.3) is 0 Å². The number of benzene rings is 1. The molecule has 0 aliphatic carbocycles. The van der Waals surface area contributed by atoms with E-state index in [1.54, 1.807) is 0 Å². The molecule has 16 heavy (non-hydrogen) atoms. The summed E-state index contributed by atoms with van der Waals surface area (Å²) in [6.07, 6.45) is 0.143. The molecular formula is C13H17BrO2. The molecular weight excluding hydrogens is 268 g/mol. The quantitative estimate of drug-likeness (QED) is 0.916. The Labute approximate surface area is 105 Å². The van der Waals surface area contributed by atoms with Crippen molar-refractivity contribution in [1.29, 1.82) is 0 Å². The Bertz CT molecular complexity index is 422. The van der Waals surface area contributed by atoms with E-state index in [4.69, 9.17) is 5.11 Å². The normalized spacial score (nSPS) is 11.6. The van der Waals surface area contributed by atoms with Crippen LogP contribution in [0.1, 0.15) is 37.0 Å². The van der Waals surface area contributed by atoms with E-state index in [1.165, 1.54) is 11.1 Å². The molecule has 0 aliphatic rings. The summed E-state index contributed by atoms with van der Waals surface area (Å²) in [6, 6.07) is 4.07. The van der Waals surface area contributed by atoms with Gasteiger partial charge in [-0.15, -0.1) is 0 Å². The van der Waals surface area contributed by atoms with Gasteiger partial charge in [0.1, 0.15) is 0 Å². The van der Waals surface area contributed by atoms with E-state index < -0.39 is 5.97 Å². The van der Waals surface area contributed by atoms with Gasteiger partial charge in [0, 0.05) is 9.89 Å². The number of rotatable bonds is 3. The number of hydrogen-bond acceptors (Lipinski definition) is 1. The van der Waals surface area contributed by atoms with Crippen LogP contribution in [0.5, 0.6) is 0 Å². The molecule has 2 nitrogen and oxygen atoms in total. The summed E-state index contributed by atoms with van der Waals surface area (Å²) in [4.78, 5) is 10.9. The monoisotopic (exact) mass is 284 g/mol. The van der Waals surface area contributed by atoms with Gasteiger partial charge in [-0.3, -0.25) is 4.79 Å². The Hall–Kier alpha value is -0.830. The van der Waals surface area contributed by atoms with Crippen LogP contribution in [0.2, 0.25) is 0 Å². The van der Waals surface area contributed by atoms with Crippen molar-refractivity contribution in [1.82, 2.24) is 0 Å². The van der Waals surface area contributed by atoms with Crippen LogP contribution < -0.4 is 0 Å². The van der Waals surface area contributed by atoms with Gasteiger partial charge >= 0.3 is 5.97 Å². The first-order valence-electron chi connectivity index (χ1n) is 5.23. The van der Waals surface area contributed by atoms with Crippen molar-refractivity contribution in [3.05, 3.63) is 33.3 Å². The van der Waals surface area contributed by atoms with Crippen molar-refractivity contribution in [2.45, 2.75) is 39.5 Å². The molecule has 0 fully saturated rings. The van der Waals surface area contributed by atoms with Gasteiger partial charge in [-0.25, -0.2) is 0 Å². The van der Waals surface area contributed by atoms with E-state index in [0.29, 0.717) is 0 Å². The molecule has 0 bridgehead atoms. The van der Waals surface area contributed by atoms with Crippen LogP contribution in [0.25, 0.3) is 0 Å². The summed E-state index contributed by atoms with van der Waals surface area (Å²) < 4.78 is 1.00. The smallest absolute Gasteiger partial charge is 0.304 e. The highest BCUT2D eigenvalue weighted by Gasteiger charge is 2.26. The first-order chi connectivity index (χ1) is 7.24. The number of aryl methyl sites for hydroxylation is 1. The highest BCUT2D eigenvalue weighted by molar-refractivity contribution is 9.10. The molecule has 0 heterocycles. The molecule has 0 unspecified atom stereocenters. The molecule has 1 aromatic rings. The summed E-state index contributed by atoms with van der Waals surface area (Å²) in [7, 11) is 0.